The fourth-order valence-corrected chi connectivity index (χ4v) is 2.19. The van der Waals surface area contributed by atoms with E-state index in [1.54, 1.807) is 6.07 Å². The predicted octanol–water partition coefficient (Wildman–Crippen LogP) is 1.70. The van der Waals surface area contributed by atoms with Gasteiger partial charge in [0.15, 0.2) is 0 Å². The molecule has 0 aliphatic heterocycles. The van der Waals surface area contributed by atoms with Crippen LogP contribution in [-0.4, -0.2) is 27.7 Å². The molecule has 2 unspecified atom stereocenters. The molecule has 0 bridgehead atoms. The predicted molar refractivity (Wildman–Crippen MR) is 58.9 cm³/mol. The highest BCUT2D eigenvalue weighted by molar-refractivity contribution is 6.29. The van der Waals surface area contributed by atoms with Gasteiger partial charge < -0.3 is 10.4 Å². The van der Waals surface area contributed by atoms with E-state index in [1.807, 2.05) is 0 Å². The third-order valence-electron chi connectivity index (χ3n) is 2.86. The van der Waals surface area contributed by atoms with Crippen LogP contribution >= 0.6 is 11.6 Å². The molecule has 5 heteroatoms. The van der Waals surface area contributed by atoms with Gasteiger partial charge in [-0.05, 0) is 12.8 Å². The van der Waals surface area contributed by atoms with E-state index >= 15 is 0 Å². The number of nitrogens with one attached hydrogen (secondary N) is 1. The summed E-state index contributed by atoms with van der Waals surface area (Å²) in [6.07, 6.45) is 4.75. The Bertz CT molecular complexity index is 334. The lowest BCUT2D eigenvalue weighted by atomic mass is 10.1. The van der Waals surface area contributed by atoms with Crippen LogP contribution in [-0.2, 0) is 0 Å². The number of halogens is 1. The van der Waals surface area contributed by atoms with Gasteiger partial charge in [-0.15, -0.1) is 0 Å². The maximum atomic E-state index is 9.17. The summed E-state index contributed by atoms with van der Waals surface area (Å²) in [6.45, 7) is 0.233. The number of hydrogen-bond acceptors (Lipinski definition) is 4. The molecule has 1 aliphatic carbocycles. The average molecular weight is 228 g/mol. The molecule has 4 nitrogen and oxygen atoms in total. The lowest BCUT2D eigenvalue weighted by Crippen LogP contribution is -2.26. The number of hydrogen-bond donors (Lipinski definition) is 2. The second-order valence-electron chi connectivity index (χ2n) is 3.85. The Morgan fingerprint density at radius 2 is 2.33 bits per heavy atom. The molecule has 0 radical (unpaired) electrons. The average Bonchev–Trinajstić information content (AvgIpc) is 2.65. The van der Waals surface area contributed by atoms with Crippen molar-refractivity contribution in [2.75, 3.05) is 11.9 Å². The number of anilines is 1. The van der Waals surface area contributed by atoms with E-state index in [-0.39, 0.29) is 6.61 Å². The molecule has 0 aromatic carbocycles. The van der Waals surface area contributed by atoms with Gasteiger partial charge in [0.2, 0.25) is 0 Å². The van der Waals surface area contributed by atoms with E-state index in [0.29, 0.717) is 17.1 Å². The van der Waals surface area contributed by atoms with Gasteiger partial charge in [-0.25, -0.2) is 9.97 Å². The minimum absolute atomic E-state index is 0.233. The SMILES string of the molecule is OCC1CCCC1Nc1cc(Cl)ncn1. The van der Waals surface area contributed by atoms with E-state index in [9.17, 15) is 5.11 Å². The smallest absolute Gasteiger partial charge is 0.134 e. The van der Waals surface area contributed by atoms with Crippen LogP contribution in [0, 0.1) is 5.92 Å². The molecule has 1 saturated carbocycles. The fourth-order valence-electron chi connectivity index (χ4n) is 2.05. The van der Waals surface area contributed by atoms with Gasteiger partial charge in [0, 0.05) is 24.6 Å². The first-order valence-corrected chi connectivity index (χ1v) is 5.52. The molecular weight excluding hydrogens is 214 g/mol. The third-order valence-corrected chi connectivity index (χ3v) is 3.07. The Labute approximate surface area is 93.7 Å². The molecule has 1 aliphatic rings. The molecule has 82 valence electrons. The van der Waals surface area contributed by atoms with Crippen LogP contribution in [0.25, 0.3) is 0 Å². The van der Waals surface area contributed by atoms with Crippen LogP contribution in [0.4, 0.5) is 5.82 Å². The fraction of sp³-hybridized carbons (Fsp3) is 0.600. The molecule has 0 amide bonds. The standard InChI is InChI=1S/C10H14ClN3O/c11-9-4-10(13-6-12-9)14-8-3-1-2-7(8)5-15/h4,6-8,15H,1-3,5H2,(H,12,13,14). The summed E-state index contributed by atoms with van der Waals surface area (Å²) in [5.41, 5.74) is 0. The number of aromatic nitrogens is 2. The normalized spacial score (nSPS) is 25.5. The van der Waals surface area contributed by atoms with Crippen molar-refractivity contribution in [2.24, 2.45) is 5.92 Å². The highest BCUT2D eigenvalue weighted by Crippen LogP contribution is 2.27. The van der Waals surface area contributed by atoms with E-state index in [0.717, 1.165) is 25.1 Å². The first-order valence-electron chi connectivity index (χ1n) is 5.14. The Morgan fingerprint density at radius 3 is 3.07 bits per heavy atom. The summed E-state index contributed by atoms with van der Waals surface area (Å²) in [7, 11) is 0. The maximum absolute atomic E-state index is 9.17. The zero-order valence-electron chi connectivity index (χ0n) is 8.36. The number of aliphatic hydroxyl groups excluding tert-OH is 1. The minimum Gasteiger partial charge on any atom is -0.396 e. The summed E-state index contributed by atoms with van der Waals surface area (Å²) >= 11 is 5.76. The lowest BCUT2D eigenvalue weighted by Gasteiger charge is -2.19. The largest absolute Gasteiger partial charge is 0.396 e. The van der Waals surface area contributed by atoms with Gasteiger partial charge >= 0.3 is 0 Å². The van der Waals surface area contributed by atoms with Gasteiger partial charge in [0.05, 0.1) is 0 Å². The summed E-state index contributed by atoms with van der Waals surface area (Å²) in [6, 6.07) is 2.01. The Balaban J connectivity index is 2.02. The van der Waals surface area contributed by atoms with E-state index in [4.69, 9.17) is 11.6 Å². The Hall–Kier alpha value is -0.870. The molecule has 0 spiro atoms. The molecule has 1 aromatic rings. The maximum Gasteiger partial charge on any atom is 0.134 e. The minimum atomic E-state index is 0.233. The van der Waals surface area contributed by atoms with Crippen molar-refractivity contribution in [1.29, 1.82) is 0 Å². The van der Waals surface area contributed by atoms with E-state index in [2.05, 4.69) is 15.3 Å². The molecule has 2 N–H and O–H groups in total. The molecule has 15 heavy (non-hydrogen) atoms. The number of nitrogens with zero attached hydrogens (tertiary/aromatic N) is 2. The highest BCUT2D eigenvalue weighted by Gasteiger charge is 2.26. The van der Waals surface area contributed by atoms with Gasteiger partial charge in [0.25, 0.3) is 0 Å². The van der Waals surface area contributed by atoms with E-state index in [1.165, 1.54) is 6.33 Å². The summed E-state index contributed by atoms with van der Waals surface area (Å²) in [4.78, 5) is 7.90. The first kappa shape index (κ1) is 10.6. The van der Waals surface area contributed by atoms with Gasteiger partial charge in [-0.2, -0.15) is 0 Å². The van der Waals surface area contributed by atoms with Crippen LogP contribution in [0.2, 0.25) is 5.15 Å². The van der Waals surface area contributed by atoms with Crippen molar-refractivity contribution < 1.29 is 5.11 Å². The quantitative estimate of drug-likeness (QED) is 0.772. The number of aliphatic hydroxyl groups is 1. The molecule has 1 heterocycles. The Kier molecular flexibility index (Phi) is 3.38. The highest BCUT2D eigenvalue weighted by atomic mass is 35.5. The van der Waals surface area contributed by atoms with Gasteiger partial charge in [0.1, 0.15) is 17.3 Å². The monoisotopic (exact) mass is 227 g/mol. The summed E-state index contributed by atoms with van der Waals surface area (Å²) < 4.78 is 0. The Morgan fingerprint density at radius 1 is 1.47 bits per heavy atom. The molecule has 2 atom stereocenters. The second kappa shape index (κ2) is 4.77. The second-order valence-corrected chi connectivity index (χ2v) is 4.24. The zero-order valence-corrected chi connectivity index (χ0v) is 9.11. The first-order chi connectivity index (χ1) is 7.29. The van der Waals surface area contributed by atoms with Crippen molar-refractivity contribution in [3.8, 4) is 0 Å². The van der Waals surface area contributed by atoms with Crippen LogP contribution in [0.1, 0.15) is 19.3 Å². The van der Waals surface area contributed by atoms with Crippen molar-refractivity contribution >= 4 is 17.4 Å². The zero-order chi connectivity index (χ0) is 10.7. The lowest BCUT2D eigenvalue weighted by molar-refractivity contribution is 0.222. The van der Waals surface area contributed by atoms with Crippen LogP contribution in [0.3, 0.4) is 0 Å². The number of rotatable bonds is 3. The van der Waals surface area contributed by atoms with Crippen molar-refractivity contribution in [3.05, 3.63) is 17.5 Å². The summed E-state index contributed by atoms with van der Waals surface area (Å²) in [5.74, 6) is 1.07. The topological polar surface area (TPSA) is 58.0 Å². The van der Waals surface area contributed by atoms with Gasteiger partial charge in [-0.3, -0.25) is 0 Å². The molecule has 0 saturated heterocycles. The van der Waals surface area contributed by atoms with Crippen molar-refractivity contribution in [3.63, 3.8) is 0 Å². The van der Waals surface area contributed by atoms with E-state index < -0.39 is 0 Å². The van der Waals surface area contributed by atoms with Crippen LogP contribution in [0.15, 0.2) is 12.4 Å². The molecular formula is C10H14ClN3O. The third kappa shape index (κ3) is 2.58. The van der Waals surface area contributed by atoms with Crippen molar-refractivity contribution in [2.45, 2.75) is 25.3 Å². The molecule has 1 aromatic heterocycles. The van der Waals surface area contributed by atoms with Crippen LogP contribution in [0.5, 0.6) is 0 Å². The molecule has 1 fully saturated rings. The molecule has 2 rings (SSSR count). The van der Waals surface area contributed by atoms with Crippen LogP contribution < -0.4 is 5.32 Å². The summed E-state index contributed by atoms with van der Waals surface area (Å²) in [5, 5.41) is 12.9. The van der Waals surface area contributed by atoms with Gasteiger partial charge in [-0.1, -0.05) is 18.0 Å². The van der Waals surface area contributed by atoms with Crippen molar-refractivity contribution in [1.82, 2.24) is 9.97 Å².